The molecule has 60 valence electrons. The van der Waals surface area contributed by atoms with Crippen LogP contribution in [0.2, 0.25) is 0 Å². The van der Waals surface area contributed by atoms with Gasteiger partial charge in [-0.1, -0.05) is 12.1 Å². The van der Waals surface area contributed by atoms with Crippen LogP contribution in [0.25, 0.3) is 10.1 Å². The minimum absolute atomic E-state index is 0.797. The molecule has 0 aliphatic carbocycles. The van der Waals surface area contributed by atoms with Crippen LogP contribution in [0.5, 0.6) is 0 Å². The van der Waals surface area contributed by atoms with Crippen LogP contribution in [0.15, 0.2) is 23.6 Å². The molecule has 0 saturated carbocycles. The topological polar surface area (TPSA) is 17.1 Å². The fourth-order valence-electron chi connectivity index (χ4n) is 1.38. The van der Waals surface area contributed by atoms with Gasteiger partial charge in [-0.3, -0.25) is 4.79 Å². The number of hydrogen-bond acceptors (Lipinski definition) is 2. The molecule has 2 heteroatoms. The number of benzene rings is 1. The van der Waals surface area contributed by atoms with E-state index in [0.717, 1.165) is 17.2 Å². The zero-order chi connectivity index (χ0) is 8.55. The normalized spacial score (nSPS) is 10.4. The van der Waals surface area contributed by atoms with Crippen molar-refractivity contribution in [3.05, 3.63) is 34.7 Å². The fourth-order valence-corrected chi connectivity index (χ4v) is 2.35. The molecule has 1 aromatic heterocycles. The summed E-state index contributed by atoms with van der Waals surface area (Å²) in [4.78, 5) is 10.7. The van der Waals surface area contributed by atoms with Crippen molar-refractivity contribution in [3.63, 3.8) is 0 Å². The predicted octanol–water partition coefficient (Wildman–Crippen LogP) is 3.02. The molecule has 0 fully saturated rings. The molecule has 0 bridgehead atoms. The van der Waals surface area contributed by atoms with Gasteiger partial charge in [0.1, 0.15) is 0 Å². The van der Waals surface area contributed by atoms with Crippen LogP contribution in [0.3, 0.4) is 0 Å². The third kappa shape index (κ3) is 0.959. The van der Waals surface area contributed by atoms with E-state index in [-0.39, 0.29) is 0 Å². The molecule has 1 aromatic carbocycles. The summed E-state index contributed by atoms with van der Waals surface area (Å²) in [6.45, 7) is 2.03. The number of carbonyl (C=O) groups excluding carboxylic acids is 1. The predicted molar refractivity (Wildman–Crippen MR) is 51.9 cm³/mol. The number of thiophene rings is 1. The van der Waals surface area contributed by atoms with Gasteiger partial charge in [0.25, 0.3) is 0 Å². The first-order valence-electron chi connectivity index (χ1n) is 3.75. The Morgan fingerprint density at radius 2 is 2.25 bits per heavy atom. The maximum absolute atomic E-state index is 10.7. The van der Waals surface area contributed by atoms with E-state index in [1.54, 1.807) is 11.3 Å². The molecular weight excluding hydrogens is 168 g/mol. The number of aryl methyl sites for hydroxylation is 1. The highest BCUT2D eigenvalue weighted by Crippen LogP contribution is 2.27. The van der Waals surface area contributed by atoms with Gasteiger partial charge < -0.3 is 0 Å². The van der Waals surface area contributed by atoms with Gasteiger partial charge in [-0.05, 0) is 23.9 Å². The van der Waals surface area contributed by atoms with Crippen molar-refractivity contribution >= 4 is 27.7 Å². The van der Waals surface area contributed by atoms with Gasteiger partial charge in [-0.15, -0.1) is 11.3 Å². The van der Waals surface area contributed by atoms with Crippen LogP contribution in [0.1, 0.15) is 15.9 Å². The van der Waals surface area contributed by atoms with Crippen LogP contribution < -0.4 is 0 Å². The monoisotopic (exact) mass is 176 g/mol. The lowest BCUT2D eigenvalue weighted by Crippen LogP contribution is -1.80. The molecule has 0 radical (unpaired) electrons. The summed E-state index contributed by atoms with van der Waals surface area (Å²) >= 11 is 1.68. The molecule has 2 aromatic rings. The van der Waals surface area contributed by atoms with Crippen LogP contribution >= 0.6 is 11.3 Å². The Balaban J connectivity index is 2.93. The molecule has 1 heterocycles. The Bertz CT molecular complexity index is 428. The van der Waals surface area contributed by atoms with Crippen molar-refractivity contribution in [3.8, 4) is 0 Å². The number of hydrogen-bond donors (Lipinski definition) is 0. The fraction of sp³-hybridized carbons (Fsp3) is 0.100. The smallest absolute Gasteiger partial charge is 0.150 e. The van der Waals surface area contributed by atoms with Crippen LogP contribution in [0, 0.1) is 6.92 Å². The Labute approximate surface area is 74.6 Å². The first-order valence-corrected chi connectivity index (χ1v) is 4.63. The minimum atomic E-state index is 0.797. The quantitative estimate of drug-likeness (QED) is 0.610. The van der Waals surface area contributed by atoms with Gasteiger partial charge in [0.05, 0.1) is 0 Å². The second-order valence-corrected chi connectivity index (χ2v) is 3.67. The summed E-state index contributed by atoms with van der Waals surface area (Å²) in [7, 11) is 0. The van der Waals surface area contributed by atoms with Crippen molar-refractivity contribution in [2.75, 3.05) is 0 Å². The molecule has 0 unspecified atom stereocenters. The van der Waals surface area contributed by atoms with Crippen molar-refractivity contribution in [2.45, 2.75) is 6.92 Å². The van der Waals surface area contributed by atoms with E-state index < -0.39 is 0 Å². The number of carbonyl (C=O) groups is 1. The van der Waals surface area contributed by atoms with Gasteiger partial charge in [-0.25, -0.2) is 0 Å². The highest BCUT2D eigenvalue weighted by Gasteiger charge is 2.03. The second kappa shape index (κ2) is 2.72. The van der Waals surface area contributed by atoms with Crippen LogP contribution in [0.4, 0.5) is 0 Å². The molecular formula is C10H8OS. The van der Waals surface area contributed by atoms with Crippen LogP contribution in [-0.4, -0.2) is 6.29 Å². The van der Waals surface area contributed by atoms with E-state index in [1.165, 1.54) is 10.3 Å². The molecule has 0 amide bonds. The van der Waals surface area contributed by atoms with Crippen molar-refractivity contribution in [2.24, 2.45) is 0 Å². The van der Waals surface area contributed by atoms with Gasteiger partial charge >= 0.3 is 0 Å². The molecule has 0 N–H and O–H groups in total. The molecule has 1 nitrogen and oxygen atoms in total. The lowest BCUT2D eigenvalue weighted by atomic mass is 10.1. The lowest BCUT2D eigenvalue weighted by molar-refractivity contribution is 0.112. The number of aldehydes is 1. The first kappa shape index (κ1) is 7.50. The average molecular weight is 176 g/mol. The third-order valence-corrected chi connectivity index (χ3v) is 3.01. The average Bonchev–Trinajstić information content (AvgIpc) is 2.48. The van der Waals surface area contributed by atoms with E-state index in [4.69, 9.17) is 0 Å². The molecule has 0 saturated heterocycles. The summed E-state index contributed by atoms with van der Waals surface area (Å²) < 4.78 is 1.19. The van der Waals surface area contributed by atoms with Gasteiger partial charge in [0.15, 0.2) is 6.29 Å². The van der Waals surface area contributed by atoms with Crippen LogP contribution in [-0.2, 0) is 0 Å². The molecule has 0 aliphatic heterocycles. The Morgan fingerprint density at radius 1 is 1.42 bits per heavy atom. The number of rotatable bonds is 1. The molecule has 0 spiro atoms. The van der Waals surface area contributed by atoms with E-state index in [2.05, 4.69) is 5.38 Å². The molecule has 0 aliphatic rings. The van der Waals surface area contributed by atoms with E-state index in [9.17, 15) is 4.79 Å². The van der Waals surface area contributed by atoms with E-state index in [0.29, 0.717) is 0 Å². The zero-order valence-electron chi connectivity index (χ0n) is 6.70. The molecule has 0 atom stereocenters. The SMILES string of the molecule is Cc1csc2cccc(C=O)c12. The third-order valence-electron chi connectivity index (χ3n) is 1.94. The van der Waals surface area contributed by atoms with Crippen molar-refractivity contribution in [1.29, 1.82) is 0 Å². The Kier molecular flexibility index (Phi) is 1.70. The molecule has 12 heavy (non-hydrogen) atoms. The van der Waals surface area contributed by atoms with Crippen molar-refractivity contribution in [1.82, 2.24) is 0 Å². The van der Waals surface area contributed by atoms with E-state index in [1.807, 2.05) is 25.1 Å². The van der Waals surface area contributed by atoms with Gasteiger partial charge in [0, 0.05) is 15.6 Å². The zero-order valence-corrected chi connectivity index (χ0v) is 7.52. The summed E-state index contributed by atoms with van der Waals surface area (Å²) in [5.74, 6) is 0. The summed E-state index contributed by atoms with van der Waals surface area (Å²) in [6, 6.07) is 5.82. The second-order valence-electron chi connectivity index (χ2n) is 2.76. The Hall–Kier alpha value is -1.15. The number of fused-ring (bicyclic) bond motifs is 1. The molecule has 2 rings (SSSR count). The van der Waals surface area contributed by atoms with Crippen molar-refractivity contribution < 1.29 is 4.79 Å². The lowest BCUT2D eigenvalue weighted by Gasteiger charge is -1.94. The van der Waals surface area contributed by atoms with Gasteiger partial charge in [0.2, 0.25) is 0 Å². The maximum atomic E-state index is 10.7. The minimum Gasteiger partial charge on any atom is -0.298 e. The highest BCUT2D eigenvalue weighted by molar-refractivity contribution is 7.17. The largest absolute Gasteiger partial charge is 0.298 e. The summed E-state index contributed by atoms with van der Waals surface area (Å²) in [5.41, 5.74) is 1.99. The summed E-state index contributed by atoms with van der Waals surface area (Å²) in [6.07, 6.45) is 0.919. The highest BCUT2D eigenvalue weighted by atomic mass is 32.1. The maximum Gasteiger partial charge on any atom is 0.150 e. The standard InChI is InChI=1S/C10H8OS/c1-7-6-12-9-4-2-3-8(5-11)10(7)9/h2-6H,1H3. The van der Waals surface area contributed by atoms with Gasteiger partial charge in [-0.2, -0.15) is 0 Å². The van der Waals surface area contributed by atoms with E-state index >= 15 is 0 Å². The Morgan fingerprint density at radius 3 is 3.00 bits per heavy atom. The first-order chi connectivity index (χ1) is 5.83. The summed E-state index contributed by atoms with van der Waals surface area (Å²) in [5, 5.41) is 3.19.